The van der Waals surface area contributed by atoms with Gasteiger partial charge in [0.1, 0.15) is 0 Å². The molecule has 0 fully saturated rings. The summed E-state index contributed by atoms with van der Waals surface area (Å²) in [5, 5.41) is 3.24. The van der Waals surface area contributed by atoms with E-state index in [1.807, 2.05) is 7.05 Å². The van der Waals surface area contributed by atoms with E-state index < -0.39 is 0 Å². The minimum absolute atomic E-state index is 1.04. The highest BCUT2D eigenvalue weighted by Crippen LogP contribution is 2.33. The molecular formula is C19H23N3. The van der Waals surface area contributed by atoms with Crippen LogP contribution < -0.4 is 5.32 Å². The van der Waals surface area contributed by atoms with Crippen LogP contribution in [0.5, 0.6) is 0 Å². The monoisotopic (exact) mass is 293 g/mol. The lowest BCUT2D eigenvalue weighted by Gasteiger charge is -2.13. The second kappa shape index (κ2) is 6.24. The number of hydrogen-bond donors (Lipinski definition) is 1. The molecular weight excluding hydrogens is 270 g/mol. The summed E-state index contributed by atoms with van der Waals surface area (Å²) in [5.74, 6) is 0. The van der Waals surface area contributed by atoms with Crippen LogP contribution in [0.4, 0.5) is 5.69 Å². The van der Waals surface area contributed by atoms with E-state index in [0.29, 0.717) is 0 Å². The lowest BCUT2D eigenvalue weighted by atomic mass is 9.96. The van der Waals surface area contributed by atoms with Crippen LogP contribution in [0.25, 0.3) is 17.8 Å². The van der Waals surface area contributed by atoms with Gasteiger partial charge in [-0.15, -0.1) is 0 Å². The first-order valence-electron chi connectivity index (χ1n) is 7.71. The maximum atomic E-state index is 3.24. The summed E-state index contributed by atoms with van der Waals surface area (Å²) < 4.78 is 2.19. The molecule has 1 aliphatic heterocycles. The average molecular weight is 293 g/mol. The number of aromatic nitrogens is 1. The van der Waals surface area contributed by atoms with Gasteiger partial charge >= 0.3 is 0 Å². The van der Waals surface area contributed by atoms with Gasteiger partial charge in [0, 0.05) is 37.2 Å². The molecule has 0 unspecified atom stereocenters. The fraction of sp³-hybridized carbons (Fsp3) is 0.263. The molecule has 1 aromatic heterocycles. The standard InChI is InChI=1S/C19H23N3/c1-20-16-9-8-15-10-13-22-12-5-7-19(22)17(18(15)14-16)6-4-11-21(2)3/h5-10,12-14,20H,4,11H2,1-3H3. The summed E-state index contributed by atoms with van der Waals surface area (Å²) in [4.78, 5) is 2.22. The zero-order valence-corrected chi connectivity index (χ0v) is 13.5. The number of nitrogens with one attached hydrogen (secondary N) is 1. The van der Waals surface area contributed by atoms with Gasteiger partial charge in [-0.1, -0.05) is 12.1 Å². The van der Waals surface area contributed by atoms with E-state index in [9.17, 15) is 0 Å². The molecule has 3 rings (SSSR count). The van der Waals surface area contributed by atoms with Gasteiger partial charge in [-0.2, -0.15) is 0 Å². The summed E-state index contributed by atoms with van der Waals surface area (Å²) in [5.41, 5.74) is 6.26. The van der Waals surface area contributed by atoms with Gasteiger partial charge in [-0.25, -0.2) is 0 Å². The highest BCUT2D eigenvalue weighted by molar-refractivity contribution is 5.89. The Morgan fingerprint density at radius 1 is 1.23 bits per heavy atom. The van der Waals surface area contributed by atoms with E-state index in [4.69, 9.17) is 0 Å². The molecule has 0 aliphatic carbocycles. The van der Waals surface area contributed by atoms with Gasteiger partial charge in [-0.05, 0) is 62.0 Å². The molecule has 1 N–H and O–H groups in total. The first kappa shape index (κ1) is 14.7. The molecule has 0 spiro atoms. The molecule has 2 aromatic rings. The van der Waals surface area contributed by atoms with Crippen molar-refractivity contribution >= 4 is 23.5 Å². The molecule has 0 saturated heterocycles. The van der Waals surface area contributed by atoms with E-state index in [1.54, 1.807) is 0 Å². The second-order valence-electron chi connectivity index (χ2n) is 5.88. The Labute approximate surface area is 132 Å². The minimum Gasteiger partial charge on any atom is -0.388 e. The highest BCUT2D eigenvalue weighted by atomic mass is 15.0. The second-order valence-corrected chi connectivity index (χ2v) is 5.88. The van der Waals surface area contributed by atoms with E-state index in [0.717, 1.165) is 18.7 Å². The van der Waals surface area contributed by atoms with Crippen LogP contribution in [0.15, 0.2) is 42.6 Å². The zero-order valence-electron chi connectivity index (χ0n) is 13.5. The number of hydrogen-bond acceptors (Lipinski definition) is 2. The van der Waals surface area contributed by atoms with Crippen LogP contribution in [0.2, 0.25) is 0 Å². The van der Waals surface area contributed by atoms with Crippen molar-refractivity contribution in [2.75, 3.05) is 33.0 Å². The largest absolute Gasteiger partial charge is 0.388 e. The van der Waals surface area contributed by atoms with Gasteiger partial charge in [0.15, 0.2) is 0 Å². The highest BCUT2D eigenvalue weighted by Gasteiger charge is 2.15. The van der Waals surface area contributed by atoms with Gasteiger partial charge in [0.2, 0.25) is 0 Å². The van der Waals surface area contributed by atoms with E-state index in [-0.39, 0.29) is 0 Å². The Bertz CT molecular complexity index is 720. The molecule has 0 saturated carbocycles. The topological polar surface area (TPSA) is 20.2 Å². The lowest BCUT2D eigenvalue weighted by Crippen LogP contribution is -2.12. The maximum absolute atomic E-state index is 3.24. The minimum atomic E-state index is 1.04. The quantitative estimate of drug-likeness (QED) is 0.788. The van der Waals surface area contributed by atoms with E-state index in [1.165, 1.54) is 22.4 Å². The van der Waals surface area contributed by atoms with Crippen LogP contribution in [0.3, 0.4) is 0 Å². The van der Waals surface area contributed by atoms with Gasteiger partial charge < -0.3 is 14.8 Å². The third-order valence-corrected chi connectivity index (χ3v) is 4.03. The van der Waals surface area contributed by atoms with Crippen LogP contribution in [-0.4, -0.2) is 37.2 Å². The number of nitrogens with zero attached hydrogens (tertiary/aromatic N) is 2. The van der Waals surface area contributed by atoms with Crippen molar-refractivity contribution in [2.24, 2.45) is 0 Å². The van der Waals surface area contributed by atoms with Crippen molar-refractivity contribution in [3.8, 4) is 0 Å². The van der Waals surface area contributed by atoms with Crippen LogP contribution in [0.1, 0.15) is 23.2 Å². The summed E-state index contributed by atoms with van der Waals surface area (Å²) in [7, 11) is 6.19. The third kappa shape index (κ3) is 2.85. The predicted octanol–water partition coefficient (Wildman–Crippen LogP) is 3.85. The van der Waals surface area contributed by atoms with Crippen LogP contribution in [0, 0.1) is 0 Å². The molecule has 3 nitrogen and oxygen atoms in total. The maximum Gasteiger partial charge on any atom is 0.0525 e. The molecule has 0 radical (unpaired) electrons. The first-order chi connectivity index (χ1) is 10.7. The van der Waals surface area contributed by atoms with Crippen molar-refractivity contribution in [2.45, 2.75) is 6.42 Å². The van der Waals surface area contributed by atoms with E-state index >= 15 is 0 Å². The molecule has 1 aliphatic rings. The Morgan fingerprint density at radius 3 is 2.86 bits per heavy atom. The van der Waals surface area contributed by atoms with Gasteiger partial charge in [0.25, 0.3) is 0 Å². The normalized spacial score (nSPS) is 14.8. The zero-order chi connectivity index (χ0) is 15.5. The number of rotatable bonds is 4. The van der Waals surface area contributed by atoms with Crippen molar-refractivity contribution in [3.63, 3.8) is 0 Å². The van der Waals surface area contributed by atoms with Gasteiger partial charge in [-0.3, -0.25) is 0 Å². The molecule has 0 amide bonds. The summed E-state index contributed by atoms with van der Waals surface area (Å²) >= 11 is 0. The number of anilines is 1. The predicted molar refractivity (Wildman–Crippen MR) is 95.9 cm³/mol. The average Bonchev–Trinajstić information content (AvgIpc) is 2.92. The Kier molecular flexibility index (Phi) is 4.16. The number of fused-ring (bicyclic) bond motifs is 2. The fourth-order valence-electron chi connectivity index (χ4n) is 2.82. The SMILES string of the molecule is CNc1ccc2c(c1)C(=CCCN(C)C)c1cccn1C=C2. The Morgan fingerprint density at radius 2 is 2.09 bits per heavy atom. The Balaban J connectivity index is 2.09. The van der Waals surface area contributed by atoms with Gasteiger partial charge in [0.05, 0.1) is 5.69 Å². The van der Waals surface area contributed by atoms with Crippen molar-refractivity contribution in [1.82, 2.24) is 9.47 Å². The smallest absolute Gasteiger partial charge is 0.0525 e. The molecule has 0 bridgehead atoms. The molecule has 0 atom stereocenters. The molecule has 114 valence electrons. The third-order valence-electron chi connectivity index (χ3n) is 4.03. The summed E-state index contributed by atoms with van der Waals surface area (Å²) in [6.07, 6.45) is 9.83. The van der Waals surface area contributed by atoms with Crippen LogP contribution in [-0.2, 0) is 0 Å². The summed E-state index contributed by atoms with van der Waals surface area (Å²) in [6.45, 7) is 1.05. The molecule has 3 heteroatoms. The first-order valence-corrected chi connectivity index (χ1v) is 7.71. The molecule has 22 heavy (non-hydrogen) atoms. The number of benzene rings is 1. The molecule has 1 aromatic carbocycles. The Hall–Kier alpha value is -2.26. The van der Waals surface area contributed by atoms with E-state index in [2.05, 4.69) is 83.8 Å². The summed E-state index contributed by atoms with van der Waals surface area (Å²) in [6, 6.07) is 10.8. The van der Waals surface area contributed by atoms with Crippen molar-refractivity contribution in [3.05, 3.63) is 59.4 Å². The fourth-order valence-corrected chi connectivity index (χ4v) is 2.82. The van der Waals surface area contributed by atoms with Crippen LogP contribution >= 0.6 is 0 Å². The lowest BCUT2D eigenvalue weighted by molar-refractivity contribution is 0.417. The molecule has 2 heterocycles. The van der Waals surface area contributed by atoms with Crippen molar-refractivity contribution in [1.29, 1.82) is 0 Å². The van der Waals surface area contributed by atoms with Crippen molar-refractivity contribution < 1.29 is 0 Å².